The molecule has 0 aliphatic rings. The zero-order valence-corrected chi connectivity index (χ0v) is 47.0. The highest BCUT2D eigenvalue weighted by molar-refractivity contribution is 7.98. The summed E-state index contributed by atoms with van der Waals surface area (Å²) in [6.45, 7) is 9.89. The van der Waals surface area contributed by atoms with Gasteiger partial charge < -0.3 is 24.4 Å². The van der Waals surface area contributed by atoms with E-state index < -0.39 is 5.97 Å². The van der Waals surface area contributed by atoms with Gasteiger partial charge in [0.15, 0.2) is 5.16 Å². The fraction of sp³-hybridized carbons (Fsp3) is 0.191. The Morgan fingerprint density at radius 1 is 0.654 bits per heavy atom. The molecule has 0 atom stereocenters. The van der Waals surface area contributed by atoms with Crippen molar-refractivity contribution in [2.45, 2.75) is 84.2 Å². The molecule has 7 aromatic carbocycles. The van der Waals surface area contributed by atoms with Gasteiger partial charge in [-0.15, -0.1) is 0 Å². The van der Waals surface area contributed by atoms with Crippen LogP contribution in [0.25, 0.3) is 5.69 Å². The van der Waals surface area contributed by atoms with Crippen LogP contribution < -0.4 is 15.6 Å². The Morgan fingerprint density at radius 3 is 1.91 bits per heavy atom. The molecule has 11 nitrogen and oxygen atoms in total. The molecule has 0 saturated heterocycles. The molecule has 13 heteroatoms. The number of hydrogen-bond acceptors (Lipinski definition) is 11. The summed E-state index contributed by atoms with van der Waals surface area (Å²) in [4.78, 5) is 59.7. The molecule has 0 aliphatic carbocycles. The number of carbonyl (C=O) groups is 3. The number of thioether (sulfide) groups is 1. The zero-order chi connectivity index (χ0) is 57.3. The number of nitrogens with zero attached hydrogens (tertiary/aromatic N) is 4. The Kier molecular flexibility index (Phi) is 22.6. The Balaban J connectivity index is 0.000000183. The number of carbonyl (C=O) groups excluding carboxylic acids is 3. The van der Waals surface area contributed by atoms with Gasteiger partial charge in [0.1, 0.15) is 34.7 Å². The molecule has 0 spiro atoms. The quantitative estimate of drug-likeness (QED) is 0.0358. The van der Waals surface area contributed by atoms with Gasteiger partial charge in [0.25, 0.3) is 5.56 Å². The number of ether oxygens (including phenoxy) is 2. The Morgan fingerprint density at radius 2 is 1.27 bits per heavy atom. The van der Waals surface area contributed by atoms with Gasteiger partial charge in [0.2, 0.25) is 0 Å². The van der Waals surface area contributed by atoms with Crippen LogP contribution in [0.15, 0.2) is 204 Å². The topological polar surface area (TPSA) is 142 Å². The van der Waals surface area contributed by atoms with Crippen molar-refractivity contribution in [3.8, 4) is 29.0 Å². The van der Waals surface area contributed by atoms with E-state index in [2.05, 4.69) is 75.4 Å². The number of benzene rings is 7. The molecule has 2 aromatic heterocycles. The van der Waals surface area contributed by atoms with E-state index >= 15 is 0 Å². The number of esters is 1. The van der Waals surface area contributed by atoms with Crippen LogP contribution in [0, 0.1) is 31.5 Å². The molecule has 2 heterocycles. The first kappa shape index (κ1) is 59.4. The number of Topliss-reactive ketones (excluding diaryl/α,β-unsaturated/α-hetero) is 2. The predicted molar refractivity (Wildman–Crippen MR) is 320 cm³/mol. The lowest BCUT2D eigenvalue weighted by Gasteiger charge is -2.14. The monoisotopic (exact) mass is 1100 g/mol. The van der Waals surface area contributed by atoms with Crippen LogP contribution in [0.3, 0.4) is 0 Å². The van der Waals surface area contributed by atoms with Crippen molar-refractivity contribution >= 4 is 35.0 Å². The molecular formula is C68H64FN5O6S. The molecule has 1 N–H and O–H groups in total. The molecule has 410 valence electrons. The number of para-hydroxylation sites is 1. The normalized spacial score (nSPS) is 10.4. The van der Waals surface area contributed by atoms with Crippen LogP contribution in [0.2, 0.25) is 0 Å². The van der Waals surface area contributed by atoms with Crippen LogP contribution in [0.1, 0.15) is 99.9 Å². The van der Waals surface area contributed by atoms with E-state index in [1.807, 2.05) is 95.6 Å². The van der Waals surface area contributed by atoms with Gasteiger partial charge in [0.05, 0.1) is 12.2 Å². The van der Waals surface area contributed by atoms with Gasteiger partial charge >= 0.3 is 5.97 Å². The summed E-state index contributed by atoms with van der Waals surface area (Å²) in [5.41, 5.74) is 10.8. The van der Waals surface area contributed by atoms with E-state index in [4.69, 9.17) is 9.47 Å². The Hall–Kier alpha value is -9.25. The lowest BCUT2D eigenvalue weighted by atomic mass is 10.1. The Bertz CT molecular complexity index is 3620. The van der Waals surface area contributed by atoms with Crippen molar-refractivity contribution in [3.63, 3.8) is 0 Å². The summed E-state index contributed by atoms with van der Waals surface area (Å²) >= 11 is 1.36. The first-order chi connectivity index (χ1) is 39.3. The molecule has 0 unspecified atom stereocenters. The van der Waals surface area contributed by atoms with E-state index in [0.717, 1.165) is 70.1 Å². The summed E-state index contributed by atoms with van der Waals surface area (Å²) in [6, 6.07) is 55.4. The summed E-state index contributed by atoms with van der Waals surface area (Å²) in [5, 5.41) is 3.90. The maximum atomic E-state index is 13.3. The second kappa shape index (κ2) is 30.8. The van der Waals surface area contributed by atoms with Crippen LogP contribution in [0.5, 0.6) is 11.5 Å². The fourth-order valence-corrected chi connectivity index (χ4v) is 8.84. The molecule has 0 saturated carbocycles. The van der Waals surface area contributed by atoms with E-state index in [-0.39, 0.29) is 22.9 Å². The van der Waals surface area contributed by atoms with Crippen LogP contribution in [-0.4, -0.2) is 43.7 Å². The second-order valence-corrected chi connectivity index (χ2v) is 19.9. The summed E-state index contributed by atoms with van der Waals surface area (Å²) in [6.07, 6.45) is 8.27. The Labute approximate surface area is 477 Å². The van der Waals surface area contributed by atoms with Crippen molar-refractivity contribution in [3.05, 3.63) is 272 Å². The first-order valence-corrected chi connectivity index (χ1v) is 27.6. The van der Waals surface area contributed by atoms with E-state index in [9.17, 15) is 23.6 Å². The smallest absolute Gasteiger partial charge is 0.338 e. The average Bonchev–Trinajstić information content (AvgIpc) is 3.48. The van der Waals surface area contributed by atoms with Gasteiger partial charge in [0, 0.05) is 78.2 Å². The maximum Gasteiger partial charge on any atom is 0.338 e. The molecule has 0 radical (unpaired) electrons. The largest absolute Gasteiger partial charge is 0.462 e. The minimum absolute atomic E-state index is 0.227. The number of anilines is 1. The van der Waals surface area contributed by atoms with Crippen molar-refractivity contribution in [1.29, 1.82) is 0 Å². The molecule has 81 heavy (non-hydrogen) atoms. The van der Waals surface area contributed by atoms with Gasteiger partial charge in [-0.2, -0.15) is 4.98 Å². The summed E-state index contributed by atoms with van der Waals surface area (Å²) in [7, 11) is 0. The van der Waals surface area contributed by atoms with Crippen molar-refractivity contribution in [2.75, 3.05) is 11.9 Å². The number of ketones is 2. The third-order valence-electron chi connectivity index (χ3n) is 12.4. The second-order valence-electron chi connectivity index (χ2n) is 19.0. The first-order valence-electron chi connectivity index (χ1n) is 26.6. The lowest BCUT2D eigenvalue weighted by molar-refractivity contribution is -0.117. The minimum Gasteiger partial charge on any atom is -0.462 e. The van der Waals surface area contributed by atoms with E-state index in [1.54, 1.807) is 82.7 Å². The maximum absolute atomic E-state index is 13.3. The van der Waals surface area contributed by atoms with Gasteiger partial charge in [-0.1, -0.05) is 109 Å². The molecule has 0 fully saturated rings. The number of aromatic nitrogens is 4. The van der Waals surface area contributed by atoms with Crippen LogP contribution in [0.4, 0.5) is 10.1 Å². The number of rotatable bonds is 19. The number of halogens is 1. The molecular weight excluding hydrogens is 1030 g/mol. The molecule has 9 rings (SSSR count). The third kappa shape index (κ3) is 19.9. The van der Waals surface area contributed by atoms with Crippen LogP contribution >= 0.6 is 11.8 Å². The van der Waals surface area contributed by atoms with Crippen molar-refractivity contribution in [2.24, 2.45) is 0 Å². The fourth-order valence-electron chi connectivity index (χ4n) is 7.90. The number of nitrogens with one attached hydrogen (secondary N) is 1. The van der Waals surface area contributed by atoms with Crippen LogP contribution in [-0.2, 0) is 45.9 Å². The van der Waals surface area contributed by atoms with Gasteiger partial charge in [-0.25, -0.2) is 19.2 Å². The highest BCUT2D eigenvalue weighted by Gasteiger charge is 2.14. The molecule has 9 aromatic rings. The SMILES string of the molecule is CC(=O)CCc1ccc(C#Cc2ccccc2C)cc1.CC(=O)CCc1ccc(NCc2cccc(Oc3ccccc3)c2)cc1.CCOC(=O)c1ccc(-n2cc(Cc3cnc(C)nc3)c(=O)nc2SCc2ccc(F)cc2)cc1. The minimum atomic E-state index is -0.400. The summed E-state index contributed by atoms with van der Waals surface area (Å²) in [5.74, 6) is 8.93. The molecule has 0 aliphatic heterocycles. The number of hydrogen-bond donors (Lipinski definition) is 1. The average molecular weight is 1100 g/mol. The van der Waals surface area contributed by atoms with Crippen molar-refractivity contribution < 1.29 is 28.2 Å². The molecule has 0 amide bonds. The highest BCUT2D eigenvalue weighted by atomic mass is 32.2. The van der Waals surface area contributed by atoms with Gasteiger partial charge in [-0.3, -0.25) is 9.36 Å². The zero-order valence-electron chi connectivity index (χ0n) is 46.2. The summed E-state index contributed by atoms with van der Waals surface area (Å²) < 4.78 is 26.0. The third-order valence-corrected chi connectivity index (χ3v) is 13.5. The standard InChI is InChI=1S/C26H23FN4O3S.C23H23NO2.C19H18O/c1-3-34-25(33)20-6-10-23(11-7-20)31-15-21(12-19-13-28-17(2)29-14-19)24(32)30-26(31)35-16-18-4-8-22(27)9-5-18;1-18(25)10-11-19-12-14-21(15-13-19)24-17-20-6-5-9-23(16-20)26-22-7-3-2-4-8-22;1-15-5-3-4-6-19(15)14-13-18-11-9-17(10-12-18)8-7-16(2)20/h4-11,13-15H,3,12,16H2,1-2H3;2-9,12-16,24H,10-11,17H2,1H3;3-6,9-12H,7-8H2,1-2H3. The predicted octanol–water partition coefficient (Wildman–Crippen LogP) is 14.1. The van der Waals surface area contributed by atoms with E-state index in [1.165, 1.54) is 40.6 Å². The lowest BCUT2D eigenvalue weighted by Crippen LogP contribution is -2.19. The van der Waals surface area contributed by atoms with E-state index in [0.29, 0.717) is 53.7 Å². The van der Waals surface area contributed by atoms with Gasteiger partial charge in [-0.05, 0) is 172 Å². The number of aryl methyl sites for hydroxylation is 4. The highest BCUT2D eigenvalue weighted by Crippen LogP contribution is 2.26. The molecule has 0 bridgehead atoms. The van der Waals surface area contributed by atoms with Crippen molar-refractivity contribution in [1.82, 2.24) is 19.5 Å².